The van der Waals surface area contributed by atoms with Gasteiger partial charge in [-0.3, -0.25) is 9.59 Å². The van der Waals surface area contributed by atoms with E-state index in [0.717, 1.165) is 24.0 Å². The van der Waals surface area contributed by atoms with E-state index in [-0.39, 0.29) is 23.9 Å². The maximum absolute atomic E-state index is 13.1. The Bertz CT molecular complexity index is 1120. The molecule has 160 valence electrons. The molecule has 1 amide bonds. The van der Waals surface area contributed by atoms with Gasteiger partial charge in [0.05, 0.1) is 19.6 Å². The quantitative estimate of drug-likeness (QED) is 0.665. The standard InChI is InChI=1S/C25H27N3O3/c1-17-20(15-18-9-4-3-5-10-18)25(30)27-24(26-17)21-12-8-14-28(21)23(29)16-19-11-6-7-13-22(19)31-2/h3-7,9-11,13,21H,8,12,14-16H2,1-2H3,(H,26,27,30)/t21-/m0/s1. The lowest BCUT2D eigenvalue weighted by Crippen LogP contribution is -2.34. The molecule has 4 rings (SSSR count). The van der Waals surface area contributed by atoms with Gasteiger partial charge in [0, 0.05) is 29.8 Å². The molecule has 2 heterocycles. The molecule has 0 aliphatic carbocycles. The molecule has 1 saturated heterocycles. The number of nitrogens with zero attached hydrogens (tertiary/aromatic N) is 2. The van der Waals surface area contributed by atoms with Crippen molar-refractivity contribution in [2.24, 2.45) is 0 Å². The average Bonchev–Trinajstić information content (AvgIpc) is 3.27. The van der Waals surface area contributed by atoms with Crippen LogP contribution in [0.2, 0.25) is 0 Å². The van der Waals surface area contributed by atoms with E-state index in [0.29, 0.717) is 35.8 Å². The molecular weight excluding hydrogens is 390 g/mol. The van der Waals surface area contributed by atoms with Gasteiger partial charge in [0.2, 0.25) is 5.91 Å². The number of methoxy groups -OCH3 is 1. The number of H-pyrrole nitrogens is 1. The molecule has 6 heteroatoms. The lowest BCUT2D eigenvalue weighted by atomic mass is 10.0. The van der Waals surface area contributed by atoms with Crippen molar-refractivity contribution < 1.29 is 9.53 Å². The Morgan fingerprint density at radius 3 is 2.65 bits per heavy atom. The minimum absolute atomic E-state index is 0.0145. The number of carbonyl (C=O) groups excluding carboxylic acids is 1. The molecule has 2 aromatic carbocycles. The predicted molar refractivity (Wildman–Crippen MR) is 119 cm³/mol. The molecule has 0 spiro atoms. The Morgan fingerprint density at radius 1 is 1.16 bits per heavy atom. The molecule has 1 atom stereocenters. The van der Waals surface area contributed by atoms with E-state index in [9.17, 15) is 9.59 Å². The van der Waals surface area contributed by atoms with Crippen LogP contribution in [0.5, 0.6) is 5.75 Å². The molecule has 31 heavy (non-hydrogen) atoms. The number of aromatic nitrogens is 2. The van der Waals surface area contributed by atoms with Gasteiger partial charge in [-0.1, -0.05) is 48.5 Å². The highest BCUT2D eigenvalue weighted by Crippen LogP contribution is 2.31. The number of amides is 1. The Morgan fingerprint density at radius 2 is 1.90 bits per heavy atom. The third-order valence-electron chi connectivity index (χ3n) is 5.89. The van der Waals surface area contributed by atoms with Crippen LogP contribution < -0.4 is 10.3 Å². The third kappa shape index (κ3) is 4.53. The molecule has 1 N–H and O–H groups in total. The second kappa shape index (κ2) is 9.16. The van der Waals surface area contributed by atoms with Crippen molar-refractivity contribution in [1.29, 1.82) is 0 Å². The zero-order valence-corrected chi connectivity index (χ0v) is 17.9. The number of likely N-dealkylation sites (tertiary alicyclic amines) is 1. The van der Waals surface area contributed by atoms with Crippen LogP contribution in [0.3, 0.4) is 0 Å². The molecule has 0 bridgehead atoms. The van der Waals surface area contributed by atoms with Crippen molar-refractivity contribution in [3.8, 4) is 5.75 Å². The topological polar surface area (TPSA) is 75.3 Å². The lowest BCUT2D eigenvalue weighted by Gasteiger charge is -2.25. The summed E-state index contributed by atoms with van der Waals surface area (Å²) in [6, 6.07) is 17.2. The zero-order valence-electron chi connectivity index (χ0n) is 17.9. The van der Waals surface area contributed by atoms with Gasteiger partial charge in [-0.2, -0.15) is 0 Å². The summed E-state index contributed by atoms with van der Waals surface area (Å²) in [5.41, 5.74) is 3.18. The summed E-state index contributed by atoms with van der Waals surface area (Å²) in [5.74, 6) is 1.30. The molecule has 3 aromatic rings. The van der Waals surface area contributed by atoms with Gasteiger partial charge in [0.1, 0.15) is 11.6 Å². The second-order valence-electron chi connectivity index (χ2n) is 7.91. The maximum Gasteiger partial charge on any atom is 0.254 e. The first kappa shape index (κ1) is 20.8. The van der Waals surface area contributed by atoms with E-state index < -0.39 is 0 Å². The smallest absolute Gasteiger partial charge is 0.254 e. The number of ether oxygens (including phenoxy) is 1. The van der Waals surface area contributed by atoms with Crippen LogP contribution in [0.25, 0.3) is 0 Å². The number of nitrogens with one attached hydrogen (secondary N) is 1. The fourth-order valence-electron chi connectivity index (χ4n) is 4.26. The Labute approximate surface area is 181 Å². The maximum atomic E-state index is 13.1. The minimum atomic E-state index is -0.209. The fraction of sp³-hybridized carbons (Fsp3) is 0.320. The largest absolute Gasteiger partial charge is 0.496 e. The van der Waals surface area contributed by atoms with Crippen LogP contribution in [-0.4, -0.2) is 34.4 Å². The summed E-state index contributed by atoms with van der Waals surface area (Å²) < 4.78 is 5.38. The van der Waals surface area contributed by atoms with Crippen LogP contribution in [-0.2, 0) is 17.6 Å². The van der Waals surface area contributed by atoms with Crippen LogP contribution in [0.4, 0.5) is 0 Å². The van der Waals surface area contributed by atoms with Crippen LogP contribution >= 0.6 is 0 Å². The van der Waals surface area contributed by atoms with E-state index >= 15 is 0 Å². The number of para-hydroxylation sites is 1. The van der Waals surface area contributed by atoms with Crippen molar-refractivity contribution in [3.05, 3.63) is 93.2 Å². The van der Waals surface area contributed by atoms with Gasteiger partial charge in [-0.05, 0) is 31.4 Å². The Balaban J connectivity index is 1.55. The zero-order chi connectivity index (χ0) is 21.8. The summed E-state index contributed by atoms with van der Waals surface area (Å²) in [7, 11) is 1.61. The monoisotopic (exact) mass is 417 g/mol. The molecule has 0 unspecified atom stereocenters. The van der Waals surface area contributed by atoms with E-state index in [1.807, 2.05) is 66.4 Å². The molecular formula is C25H27N3O3. The number of aromatic amines is 1. The lowest BCUT2D eigenvalue weighted by molar-refractivity contribution is -0.131. The van der Waals surface area contributed by atoms with E-state index in [1.165, 1.54) is 0 Å². The van der Waals surface area contributed by atoms with Gasteiger partial charge in [0.25, 0.3) is 5.56 Å². The highest BCUT2D eigenvalue weighted by Gasteiger charge is 2.32. The first-order chi connectivity index (χ1) is 15.1. The van der Waals surface area contributed by atoms with Gasteiger partial charge in [0.15, 0.2) is 0 Å². The van der Waals surface area contributed by atoms with Crippen molar-refractivity contribution in [2.75, 3.05) is 13.7 Å². The molecule has 1 aliphatic heterocycles. The van der Waals surface area contributed by atoms with E-state index in [4.69, 9.17) is 9.72 Å². The number of hydrogen-bond donors (Lipinski definition) is 1. The minimum Gasteiger partial charge on any atom is -0.496 e. The van der Waals surface area contributed by atoms with E-state index in [2.05, 4.69) is 4.98 Å². The normalized spacial score (nSPS) is 15.8. The summed E-state index contributed by atoms with van der Waals surface area (Å²) in [6.07, 6.45) is 2.47. The van der Waals surface area contributed by atoms with Gasteiger partial charge < -0.3 is 14.6 Å². The third-order valence-corrected chi connectivity index (χ3v) is 5.89. The Kier molecular flexibility index (Phi) is 6.16. The molecule has 0 radical (unpaired) electrons. The van der Waals surface area contributed by atoms with Crippen molar-refractivity contribution in [3.63, 3.8) is 0 Å². The summed E-state index contributed by atoms with van der Waals surface area (Å²) in [4.78, 5) is 35.5. The first-order valence-corrected chi connectivity index (χ1v) is 10.6. The average molecular weight is 418 g/mol. The first-order valence-electron chi connectivity index (χ1n) is 10.6. The summed E-state index contributed by atoms with van der Waals surface area (Å²) in [6.45, 7) is 2.53. The number of hydrogen-bond acceptors (Lipinski definition) is 4. The number of benzene rings is 2. The van der Waals surface area contributed by atoms with Crippen molar-refractivity contribution in [1.82, 2.24) is 14.9 Å². The summed E-state index contributed by atoms with van der Waals surface area (Å²) in [5, 5.41) is 0. The molecule has 0 saturated carbocycles. The van der Waals surface area contributed by atoms with Gasteiger partial charge >= 0.3 is 0 Å². The molecule has 1 aliphatic rings. The number of carbonyl (C=O) groups is 1. The predicted octanol–water partition coefficient (Wildman–Crippen LogP) is 3.58. The molecule has 6 nitrogen and oxygen atoms in total. The van der Waals surface area contributed by atoms with Crippen LogP contribution in [0.15, 0.2) is 59.4 Å². The van der Waals surface area contributed by atoms with Crippen molar-refractivity contribution in [2.45, 2.75) is 38.6 Å². The molecule has 1 aromatic heterocycles. The van der Waals surface area contributed by atoms with Gasteiger partial charge in [-0.25, -0.2) is 4.98 Å². The number of aryl methyl sites for hydroxylation is 1. The van der Waals surface area contributed by atoms with Crippen molar-refractivity contribution >= 4 is 5.91 Å². The highest BCUT2D eigenvalue weighted by atomic mass is 16.5. The highest BCUT2D eigenvalue weighted by molar-refractivity contribution is 5.80. The van der Waals surface area contributed by atoms with Crippen LogP contribution in [0.1, 0.15) is 47.1 Å². The Hall–Kier alpha value is -3.41. The fourth-order valence-corrected chi connectivity index (χ4v) is 4.26. The molecule has 1 fully saturated rings. The SMILES string of the molecule is COc1ccccc1CC(=O)N1CCC[C@H]1c1nc(C)c(Cc2ccccc2)c(=O)[nH]1. The van der Waals surface area contributed by atoms with Gasteiger partial charge in [-0.15, -0.1) is 0 Å². The van der Waals surface area contributed by atoms with Crippen LogP contribution in [0, 0.1) is 6.92 Å². The second-order valence-corrected chi connectivity index (χ2v) is 7.91. The summed E-state index contributed by atoms with van der Waals surface area (Å²) >= 11 is 0. The van der Waals surface area contributed by atoms with E-state index in [1.54, 1.807) is 7.11 Å². The number of rotatable bonds is 6.